The van der Waals surface area contributed by atoms with E-state index in [4.69, 9.17) is 19.2 Å². The number of hydrogen-bond donors (Lipinski definition) is 1. The minimum atomic E-state index is -0.561. The van der Waals surface area contributed by atoms with Gasteiger partial charge < -0.3 is 19.5 Å². The predicted molar refractivity (Wildman–Crippen MR) is 140 cm³/mol. The van der Waals surface area contributed by atoms with Gasteiger partial charge in [-0.05, 0) is 50.5 Å². The summed E-state index contributed by atoms with van der Waals surface area (Å²) in [4.78, 5) is 32.7. The smallest absolute Gasteiger partial charge is 0.242 e. The third-order valence-corrected chi connectivity index (χ3v) is 6.77. The van der Waals surface area contributed by atoms with E-state index in [-0.39, 0.29) is 18.2 Å². The van der Waals surface area contributed by atoms with Crippen molar-refractivity contribution >= 4 is 40.1 Å². The normalized spacial score (nSPS) is 16.6. The van der Waals surface area contributed by atoms with Crippen molar-refractivity contribution in [1.29, 1.82) is 0 Å². The molecule has 1 N–H and O–H groups in total. The second-order valence-electron chi connectivity index (χ2n) is 8.10. The van der Waals surface area contributed by atoms with Crippen LogP contribution in [0.25, 0.3) is 0 Å². The molecule has 0 bridgehead atoms. The van der Waals surface area contributed by atoms with E-state index < -0.39 is 5.25 Å². The zero-order chi connectivity index (χ0) is 25.4. The highest BCUT2D eigenvalue weighted by atomic mass is 32.2. The van der Waals surface area contributed by atoms with Crippen molar-refractivity contribution in [3.63, 3.8) is 0 Å². The van der Waals surface area contributed by atoms with Gasteiger partial charge in [0.1, 0.15) is 16.7 Å². The van der Waals surface area contributed by atoms with E-state index in [2.05, 4.69) is 5.32 Å². The summed E-state index contributed by atoms with van der Waals surface area (Å²) in [6.45, 7) is 7.62. The molecule has 1 aliphatic heterocycles. The van der Waals surface area contributed by atoms with E-state index in [0.29, 0.717) is 48.5 Å². The van der Waals surface area contributed by atoms with Gasteiger partial charge in [0.05, 0.1) is 25.6 Å². The topological polar surface area (TPSA) is 89.5 Å². The summed E-state index contributed by atoms with van der Waals surface area (Å²) in [6, 6.07) is 11.1. The lowest BCUT2D eigenvalue weighted by molar-refractivity contribution is -0.128. The standard InChI is InChI=1S/C26H33N3O5S/c1-6-34-14-8-13-29-25(31)22(35-26(29)28-24-17(2)9-7-10-18(24)3)16-23(30)27-20-12-11-19(32-4)15-21(20)33-5/h7,9-12,15,22H,6,8,13-14,16H2,1-5H3,(H,27,30). The fourth-order valence-electron chi connectivity index (χ4n) is 3.75. The summed E-state index contributed by atoms with van der Waals surface area (Å²) in [7, 11) is 3.09. The van der Waals surface area contributed by atoms with Gasteiger partial charge >= 0.3 is 0 Å². The van der Waals surface area contributed by atoms with E-state index in [9.17, 15) is 9.59 Å². The number of aliphatic imine (C=N–C) groups is 1. The molecule has 1 atom stereocenters. The maximum Gasteiger partial charge on any atom is 0.242 e. The molecular weight excluding hydrogens is 466 g/mol. The van der Waals surface area contributed by atoms with Gasteiger partial charge in [-0.15, -0.1) is 0 Å². The maximum absolute atomic E-state index is 13.3. The lowest BCUT2D eigenvalue weighted by Gasteiger charge is -2.17. The van der Waals surface area contributed by atoms with Crippen molar-refractivity contribution < 1.29 is 23.8 Å². The molecule has 1 aliphatic rings. The quantitative estimate of drug-likeness (QED) is 0.451. The molecule has 9 heteroatoms. The average Bonchev–Trinajstić information content (AvgIpc) is 3.13. The van der Waals surface area contributed by atoms with Gasteiger partial charge in [-0.25, -0.2) is 4.99 Å². The van der Waals surface area contributed by atoms with E-state index in [0.717, 1.165) is 16.8 Å². The lowest BCUT2D eigenvalue weighted by atomic mass is 10.1. The number of methoxy groups -OCH3 is 2. The van der Waals surface area contributed by atoms with Crippen LogP contribution in [0.2, 0.25) is 0 Å². The largest absolute Gasteiger partial charge is 0.497 e. The van der Waals surface area contributed by atoms with Gasteiger partial charge in [0.2, 0.25) is 11.8 Å². The summed E-state index contributed by atoms with van der Waals surface area (Å²) in [5.41, 5.74) is 3.44. The van der Waals surface area contributed by atoms with Crippen LogP contribution in [-0.4, -0.2) is 61.1 Å². The van der Waals surface area contributed by atoms with Gasteiger partial charge in [0.25, 0.3) is 0 Å². The van der Waals surface area contributed by atoms with Crippen LogP contribution in [0.5, 0.6) is 11.5 Å². The maximum atomic E-state index is 13.3. The van der Waals surface area contributed by atoms with Crippen molar-refractivity contribution in [2.24, 2.45) is 4.99 Å². The van der Waals surface area contributed by atoms with Gasteiger partial charge in [-0.1, -0.05) is 30.0 Å². The number of benzene rings is 2. The van der Waals surface area contributed by atoms with Crippen molar-refractivity contribution in [1.82, 2.24) is 4.90 Å². The van der Waals surface area contributed by atoms with Gasteiger partial charge in [-0.3, -0.25) is 14.5 Å². The number of amidine groups is 1. The Bertz CT molecular complexity index is 1070. The van der Waals surface area contributed by atoms with Gasteiger partial charge in [0.15, 0.2) is 5.17 Å². The second-order valence-corrected chi connectivity index (χ2v) is 9.27. The van der Waals surface area contributed by atoms with Crippen LogP contribution in [0, 0.1) is 13.8 Å². The first kappa shape index (κ1) is 26.6. The minimum absolute atomic E-state index is 0.0203. The molecule has 1 fully saturated rings. The number of carbonyl (C=O) groups excluding carboxylic acids is 2. The van der Waals surface area contributed by atoms with Crippen LogP contribution < -0.4 is 14.8 Å². The van der Waals surface area contributed by atoms with Crippen LogP contribution in [0.4, 0.5) is 11.4 Å². The second kappa shape index (κ2) is 12.6. The van der Waals surface area contributed by atoms with E-state index >= 15 is 0 Å². The van der Waals surface area contributed by atoms with Gasteiger partial charge in [-0.2, -0.15) is 0 Å². The number of anilines is 1. The number of amides is 2. The Morgan fingerprint density at radius 2 is 1.89 bits per heavy atom. The molecule has 3 rings (SSSR count). The molecule has 8 nitrogen and oxygen atoms in total. The average molecular weight is 500 g/mol. The van der Waals surface area contributed by atoms with Crippen molar-refractivity contribution in [2.75, 3.05) is 39.3 Å². The predicted octanol–water partition coefficient (Wildman–Crippen LogP) is 4.71. The third kappa shape index (κ3) is 6.76. The molecule has 1 saturated heterocycles. The molecule has 0 spiro atoms. The molecular formula is C26H33N3O5S. The molecule has 0 aliphatic carbocycles. The number of nitrogens with zero attached hydrogens (tertiary/aromatic N) is 2. The van der Waals surface area contributed by atoms with Crippen LogP contribution in [-0.2, 0) is 14.3 Å². The van der Waals surface area contributed by atoms with E-state index in [1.807, 2.05) is 39.0 Å². The summed E-state index contributed by atoms with van der Waals surface area (Å²) in [5.74, 6) is 0.713. The number of ether oxygens (including phenoxy) is 3. The van der Waals surface area contributed by atoms with Crippen LogP contribution in [0.1, 0.15) is 30.9 Å². The summed E-state index contributed by atoms with van der Waals surface area (Å²) in [5, 5.41) is 2.91. The van der Waals surface area contributed by atoms with Crippen LogP contribution >= 0.6 is 11.8 Å². The molecule has 0 radical (unpaired) electrons. The number of aryl methyl sites for hydroxylation is 2. The Kier molecular flexibility index (Phi) is 9.56. The third-order valence-electron chi connectivity index (χ3n) is 5.60. The zero-order valence-electron chi connectivity index (χ0n) is 20.9. The number of thioether (sulfide) groups is 1. The van der Waals surface area contributed by atoms with E-state index in [1.54, 1.807) is 30.2 Å². The zero-order valence-corrected chi connectivity index (χ0v) is 21.7. The Labute approximate surface area is 211 Å². The summed E-state index contributed by atoms with van der Waals surface area (Å²) < 4.78 is 16.0. The highest BCUT2D eigenvalue weighted by molar-refractivity contribution is 8.15. The van der Waals surface area contributed by atoms with E-state index in [1.165, 1.54) is 18.9 Å². The van der Waals surface area contributed by atoms with Crippen molar-refractivity contribution in [3.05, 3.63) is 47.5 Å². The Morgan fingerprint density at radius 3 is 2.54 bits per heavy atom. The molecule has 1 heterocycles. The first-order valence-electron chi connectivity index (χ1n) is 11.6. The molecule has 2 aromatic rings. The first-order valence-corrected chi connectivity index (χ1v) is 12.5. The van der Waals surface area contributed by atoms with Crippen molar-refractivity contribution in [2.45, 2.75) is 38.9 Å². The number of para-hydroxylation sites is 1. The number of rotatable bonds is 11. The summed E-state index contributed by atoms with van der Waals surface area (Å²) in [6.07, 6.45) is 0.709. The molecule has 35 heavy (non-hydrogen) atoms. The first-order chi connectivity index (χ1) is 16.9. The fraction of sp³-hybridized carbons (Fsp3) is 0.423. The molecule has 188 valence electrons. The molecule has 0 saturated carbocycles. The monoisotopic (exact) mass is 499 g/mol. The number of nitrogens with one attached hydrogen (secondary N) is 1. The van der Waals surface area contributed by atoms with Crippen LogP contribution in [0.15, 0.2) is 41.4 Å². The van der Waals surface area contributed by atoms with Crippen molar-refractivity contribution in [3.8, 4) is 11.5 Å². The van der Waals surface area contributed by atoms with Gasteiger partial charge in [0, 0.05) is 32.2 Å². The fourth-order valence-corrected chi connectivity index (χ4v) is 4.92. The highest BCUT2D eigenvalue weighted by Crippen LogP contribution is 2.35. The Morgan fingerprint density at radius 1 is 1.14 bits per heavy atom. The SMILES string of the molecule is CCOCCCN1C(=O)C(CC(=O)Nc2ccc(OC)cc2OC)SC1=Nc1c(C)cccc1C. The highest BCUT2D eigenvalue weighted by Gasteiger charge is 2.39. The Hall–Kier alpha value is -3.04. The summed E-state index contributed by atoms with van der Waals surface area (Å²) >= 11 is 1.33. The number of hydrogen-bond acceptors (Lipinski definition) is 7. The molecule has 1 unspecified atom stereocenters. The Balaban J connectivity index is 1.78. The molecule has 2 amide bonds. The molecule has 0 aromatic heterocycles. The number of carbonyl (C=O) groups is 2. The van der Waals surface area contributed by atoms with Crippen LogP contribution in [0.3, 0.4) is 0 Å². The molecule has 2 aromatic carbocycles. The minimum Gasteiger partial charge on any atom is -0.497 e. The lowest BCUT2D eigenvalue weighted by Crippen LogP contribution is -2.34.